The van der Waals surface area contributed by atoms with Crippen molar-refractivity contribution in [1.29, 1.82) is 0 Å². The predicted octanol–water partition coefficient (Wildman–Crippen LogP) is 1.34. The third kappa shape index (κ3) is 1.45. The number of alkyl halides is 2. The van der Waals surface area contributed by atoms with Crippen LogP contribution in [0.15, 0.2) is 11.5 Å². The monoisotopic (exact) mass is 204 g/mol. The van der Waals surface area contributed by atoms with Gasteiger partial charge in [0.1, 0.15) is 6.04 Å². The normalized spacial score (nSPS) is 32.2. The van der Waals surface area contributed by atoms with Gasteiger partial charge < -0.3 is 4.74 Å². The smallest absolute Gasteiger partial charge is 0.259 e. The van der Waals surface area contributed by atoms with Gasteiger partial charge in [0.05, 0.1) is 6.61 Å². The van der Waals surface area contributed by atoms with E-state index < -0.39 is 12.5 Å². The van der Waals surface area contributed by atoms with Crippen LogP contribution in [-0.2, 0) is 4.74 Å². The summed E-state index contributed by atoms with van der Waals surface area (Å²) >= 11 is 0. The van der Waals surface area contributed by atoms with Gasteiger partial charge in [-0.2, -0.15) is 0 Å². The van der Waals surface area contributed by atoms with Crippen LogP contribution in [0, 0.1) is 5.92 Å². The fraction of sp³-hybridized carbons (Fsp3) is 0.778. The second-order valence-electron chi connectivity index (χ2n) is 3.96. The van der Waals surface area contributed by atoms with Gasteiger partial charge in [0.2, 0.25) is 5.88 Å². The summed E-state index contributed by atoms with van der Waals surface area (Å²) in [6.07, 6.45) is -2.38. The van der Waals surface area contributed by atoms with Crippen molar-refractivity contribution in [3.05, 3.63) is 11.5 Å². The first kappa shape index (κ1) is 9.71. The van der Waals surface area contributed by atoms with Crippen molar-refractivity contribution in [1.82, 2.24) is 10.4 Å². The quantitative estimate of drug-likeness (QED) is 0.697. The van der Waals surface area contributed by atoms with Crippen LogP contribution in [0.5, 0.6) is 0 Å². The molecule has 2 heterocycles. The number of ether oxygens (including phenoxy) is 1. The number of fused-ring (bicyclic) bond motifs is 1. The molecule has 2 aliphatic rings. The third-order valence-electron chi connectivity index (χ3n) is 2.59. The highest BCUT2D eigenvalue weighted by atomic mass is 19.3. The molecule has 2 rings (SSSR count). The van der Waals surface area contributed by atoms with Crippen LogP contribution in [0.4, 0.5) is 8.78 Å². The Hall–Kier alpha value is -0.840. The second-order valence-corrected chi connectivity index (χ2v) is 3.96. The van der Waals surface area contributed by atoms with Gasteiger partial charge in [0.15, 0.2) is 0 Å². The molecule has 0 aromatic carbocycles. The van der Waals surface area contributed by atoms with Crippen molar-refractivity contribution in [3.63, 3.8) is 0 Å². The zero-order valence-corrected chi connectivity index (χ0v) is 8.26. The van der Waals surface area contributed by atoms with Gasteiger partial charge >= 0.3 is 0 Å². The second kappa shape index (κ2) is 3.38. The van der Waals surface area contributed by atoms with Gasteiger partial charge in [-0.1, -0.05) is 6.92 Å². The highest BCUT2D eigenvalue weighted by Gasteiger charge is 2.38. The topological polar surface area (TPSA) is 24.5 Å². The number of nitrogens with zero attached hydrogens (tertiary/aromatic N) is 1. The third-order valence-corrected chi connectivity index (χ3v) is 2.59. The molecule has 0 radical (unpaired) electrons. The molecule has 14 heavy (non-hydrogen) atoms. The van der Waals surface area contributed by atoms with Crippen LogP contribution in [0.3, 0.4) is 0 Å². The SMILES string of the molecule is CC1=C2OCC(C)CN2NC1C(F)F. The van der Waals surface area contributed by atoms with Crippen molar-refractivity contribution >= 4 is 0 Å². The summed E-state index contributed by atoms with van der Waals surface area (Å²) in [5, 5.41) is 1.69. The first-order valence-electron chi connectivity index (χ1n) is 4.75. The van der Waals surface area contributed by atoms with E-state index in [1.54, 1.807) is 11.9 Å². The van der Waals surface area contributed by atoms with Crippen LogP contribution >= 0.6 is 0 Å². The van der Waals surface area contributed by atoms with E-state index in [9.17, 15) is 8.78 Å². The van der Waals surface area contributed by atoms with E-state index in [1.165, 1.54) is 0 Å². The van der Waals surface area contributed by atoms with Gasteiger partial charge in [-0.15, -0.1) is 0 Å². The average molecular weight is 204 g/mol. The summed E-state index contributed by atoms with van der Waals surface area (Å²) in [6.45, 7) is 5.06. The maximum atomic E-state index is 12.5. The van der Waals surface area contributed by atoms with E-state index in [2.05, 4.69) is 5.43 Å². The highest BCUT2D eigenvalue weighted by Crippen LogP contribution is 2.29. The molecular weight excluding hydrogens is 190 g/mol. The number of nitrogens with one attached hydrogen (secondary N) is 1. The van der Waals surface area contributed by atoms with Crippen LogP contribution in [0.2, 0.25) is 0 Å². The Bertz CT molecular complexity index is 268. The summed E-state index contributed by atoms with van der Waals surface area (Å²) in [5.41, 5.74) is 3.36. The molecule has 0 saturated carbocycles. The molecule has 2 aliphatic heterocycles. The van der Waals surface area contributed by atoms with Gasteiger partial charge in [-0.05, 0) is 6.92 Å². The highest BCUT2D eigenvalue weighted by molar-refractivity contribution is 5.19. The van der Waals surface area contributed by atoms with Gasteiger partial charge in [0.25, 0.3) is 6.43 Å². The Kier molecular flexibility index (Phi) is 2.34. The predicted molar refractivity (Wildman–Crippen MR) is 47.4 cm³/mol. The lowest BCUT2D eigenvalue weighted by Gasteiger charge is -2.31. The minimum atomic E-state index is -2.38. The van der Waals surface area contributed by atoms with Crippen molar-refractivity contribution < 1.29 is 13.5 Å². The lowest BCUT2D eigenvalue weighted by Crippen LogP contribution is -2.45. The van der Waals surface area contributed by atoms with Crippen LogP contribution < -0.4 is 5.43 Å². The van der Waals surface area contributed by atoms with Crippen LogP contribution in [0.25, 0.3) is 0 Å². The van der Waals surface area contributed by atoms with Crippen molar-refractivity contribution in [2.75, 3.05) is 13.2 Å². The molecule has 0 aromatic heterocycles. The Labute approximate surface area is 81.7 Å². The molecular formula is C9H14F2N2O. The van der Waals surface area contributed by atoms with E-state index in [4.69, 9.17) is 4.74 Å². The first-order valence-corrected chi connectivity index (χ1v) is 4.75. The summed E-state index contributed by atoms with van der Waals surface area (Å²) in [4.78, 5) is 0. The molecule has 0 bridgehead atoms. The van der Waals surface area contributed by atoms with Crippen molar-refractivity contribution in [2.24, 2.45) is 5.92 Å². The molecule has 1 fully saturated rings. The Morgan fingerprint density at radius 2 is 2.29 bits per heavy atom. The van der Waals surface area contributed by atoms with E-state index in [1.807, 2.05) is 6.92 Å². The number of hydrazine groups is 1. The number of hydrogen-bond donors (Lipinski definition) is 1. The fourth-order valence-corrected chi connectivity index (χ4v) is 1.83. The molecule has 0 aromatic rings. The van der Waals surface area contributed by atoms with Crippen molar-refractivity contribution in [3.8, 4) is 0 Å². The minimum Gasteiger partial charge on any atom is -0.478 e. The lowest BCUT2D eigenvalue weighted by molar-refractivity contribution is 0.00291. The van der Waals surface area contributed by atoms with E-state index >= 15 is 0 Å². The Balaban J connectivity index is 2.16. The van der Waals surface area contributed by atoms with Gasteiger partial charge in [0, 0.05) is 18.0 Å². The molecule has 80 valence electrons. The van der Waals surface area contributed by atoms with Crippen molar-refractivity contribution in [2.45, 2.75) is 26.3 Å². The van der Waals surface area contributed by atoms with Crippen LogP contribution in [0.1, 0.15) is 13.8 Å². The summed E-state index contributed by atoms with van der Waals surface area (Å²) in [6, 6.07) is -0.879. The van der Waals surface area contributed by atoms with Gasteiger partial charge in [-0.25, -0.2) is 14.2 Å². The molecule has 0 spiro atoms. The zero-order chi connectivity index (χ0) is 10.3. The maximum absolute atomic E-state index is 12.5. The molecule has 3 nitrogen and oxygen atoms in total. The van der Waals surface area contributed by atoms with E-state index in [0.29, 0.717) is 24.0 Å². The van der Waals surface area contributed by atoms with E-state index in [0.717, 1.165) is 6.54 Å². The molecule has 2 atom stereocenters. The molecule has 1 saturated heterocycles. The molecule has 0 aliphatic carbocycles. The van der Waals surface area contributed by atoms with E-state index in [-0.39, 0.29) is 0 Å². The summed E-state index contributed by atoms with van der Waals surface area (Å²) in [7, 11) is 0. The molecule has 2 unspecified atom stereocenters. The number of hydrogen-bond acceptors (Lipinski definition) is 3. The molecule has 0 amide bonds. The fourth-order valence-electron chi connectivity index (χ4n) is 1.83. The van der Waals surface area contributed by atoms with Gasteiger partial charge in [-0.3, -0.25) is 5.01 Å². The largest absolute Gasteiger partial charge is 0.478 e. The Morgan fingerprint density at radius 3 is 2.93 bits per heavy atom. The standard InChI is InChI=1S/C9H14F2N2O/c1-5-3-13-9(14-4-5)6(2)7(12-13)8(10)11/h5,7-8,12H,3-4H2,1-2H3. The number of rotatable bonds is 1. The first-order chi connectivity index (χ1) is 6.59. The minimum absolute atomic E-state index is 0.371. The average Bonchev–Trinajstić information content (AvgIpc) is 2.43. The maximum Gasteiger partial charge on any atom is 0.259 e. The number of halogens is 2. The summed E-state index contributed by atoms with van der Waals surface area (Å²) < 4.78 is 30.5. The lowest BCUT2D eigenvalue weighted by atomic mass is 10.1. The summed E-state index contributed by atoms with van der Waals surface area (Å²) in [5.74, 6) is 0.962. The molecule has 1 N–H and O–H groups in total. The molecule has 5 heteroatoms. The van der Waals surface area contributed by atoms with Crippen LogP contribution in [-0.4, -0.2) is 30.6 Å². The zero-order valence-electron chi connectivity index (χ0n) is 8.26. The Morgan fingerprint density at radius 1 is 1.57 bits per heavy atom.